The van der Waals surface area contributed by atoms with Crippen molar-refractivity contribution >= 4 is 23.2 Å². The van der Waals surface area contributed by atoms with Gasteiger partial charge < -0.3 is 0 Å². The standard InChI is InChI=1S/C14H4Cl2F9NO/c15-8-1-5(12(17,18)19)2-9(16)11(8)26-4-7(14(23,24)25)6(3-10(26)27)13(20,21)22/h1-4H. The Morgan fingerprint density at radius 3 is 1.52 bits per heavy atom. The van der Waals surface area contributed by atoms with Gasteiger partial charge >= 0.3 is 18.5 Å². The number of rotatable bonds is 1. The molecule has 0 aliphatic heterocycles. The van der Waals surface area contributed by atoms with Crippen LogP contribution in [0, 0.1) is 0 Å². The predicted molar refractivity (Wildman–Crippen MR) is 77.1 cm³/mol. The third kappa shape index (κ3) is 4.34. The summed E-state index contributed by atoms with van der Waals surface area (Å²) < 4.78 is 116. The fourth-order valence-corrected chi connectivity index (χ4v) is 2.80. The summed E-state index contributed by atoms with van der Waals surface area (Å²) in [7, 11) is 0. The molecule has 2 aromatic rings. The molecule has 0 spiro atoms. The Morgan fingerprint density at radius 1 is 0.704 bits per heavy atom. The maximum atomic E-state index is 13.0. The Morgan fingerprint density at radius 2 is 1.15 bits per heavy atom. The van der Waals surface area contributed by atoms with Crippen LogP contribution in [0.3, 0.4) is 0 Å². The molecule has 1 heterocycles. The fourth-order valence-electron chi connectivity index (χ4n) is 2.13. The highest BCUT2D eigenvalue weighted by molar-refractivity contribution is 6.37. The van der Waals surface area contributed by atoms with Gasteiger partial charge in [0, 0.05) is 12.3 Å². The molecule has 0 bridgehead atoms. The normalized spacial score (nSPS) is 13.1. The molecular weight excluding hydrogens is 440 g/mol. The number of aromatic nitrogens is 1. The van der Waals surface area contributed by atoms with Crippen molar-refractivity contribution in [3.05, 3.63) is 61.5 Å². The van der Waals surface area contributed by atoms with Crippen LogP contribution < -0.4 is 5.56 Å². The molecule has 0 fully saturated rings. The highest BCUT2D eigenvalue weighted by Crippen LogP contribution is 2.41. The van der Waals surface area contributed by atoms with Gasteiger partial charge in [0.1, 0.15) is 0 Å². The Balaban J connectivity index is 2.84. The molecule has 148 valence electrons. The molecule has 1 aromatic heterocycles. The van der Waals surface area contributed by atoms with Crippen molar-refractivity contribution in [3.8, 4) is 5.69 Å². The van der Waals surface area contributed by atoms with E-state index in [1.165, 1.54) is 0 Å². The number of hydrogen-bond donors (Lipinski definition) is 0. The zero-order valence-corrected chi connectivity index (χ0v) is 13.8. The Kier molecular flexibility index (Phi) is 5.25. The van der Waals surface area contributed by atoms with Gasteiger partial charge in [-0.1, -0.05) is 23.2 Å². The lowest BCUT2D eigenvalue weighted by Crippen LogP contribution is -2.26. The largest absolute Gasteiger partial charge is 0.418 e. The second kappa shape index (κ2) is 6.62. The molecule has 2 nitrogen and oxygen atoms in total. The van der Waals surface area contributed by atoms with Gasteiger partial charge in [-0.3, -0.25) is 9.36 Å². The van der Waals surface area contributed by atoms with Gasteiger partial charge in [0.15, 0.2) is 0 Å². The van der Waals surface area contributed by atoms with Crippen LogP contribution in [-0.4, -0.2) is 4.57 Å². The van der Waals surface area contributed by atoms with E-state index in [9.17, 15) is 44.3 Å². The molecule has 0 unspecified atom stereocenters. The molecule has 1 aromatic carbocycles. The van der Waals surface area contributed by atoms with Crippen molar-refractivity contribution in [1.82, 2.24) is 4.57 Å². The first-order valence-corrected chi connectivity index (χ1v) is 7.26. The van der Waals surface area contributed by atoms with E-state index in [0.29, 0.717) is 0 Å². The fraction of sp³-hybridized carbons (Fsp3) is 0.214. The van der Waals surface area contributed by atoms with Crippen molar-refractivity contribution in [1.29, 1.82) is 0 Å². The molecule has 0 saturated carbocycles. The predicted octanol–water partition coefficient (Wildman–Crippen LogP) is 6.20. The van der Waals surface area contributed by atoms with Crippen molar-refractivity contribution in [2.45, 2.75) is 18.5 Å². The van der Waals surface area contributed by atoms with Crippen molar-refractivity contribution in [2.75, 3.05) is 0 Å². The topological polar surface area (TPSA) is 22.0 Å². The van der Waals surface area contributed by atoms with Crippen molar-refractivity contribution in [2.24, 2.45) is 0 Å². The zero-order valence-electron chi connectivity index (χ0n) is 12.3. The van der Waals surface area contributed by atoms with Crippen molar-refractivity contribution in [3.63, 3.8) is 0 Å². The maximum absolute atomic E-state index is 13.0. The summed E-state index contributed by atoms with van der Waals surface area (Å²) in [6.07, 6.45) is -16.2. The minimum Gasteiger partial charge on any atom is -0.281 e. The summed E-state index contributed by atoms with van der Waals surface area (Å²) in [5.74, 6) is 0. The lowest BCUT2D eigenvalue weighted by molar-refractivity contribution is -0.162. The summed E-state index contributed by atoms with van der Waals surface area (Å²) in [6, 6.07) is 0.216. The van der Waals surface area contributed by atoms with E-state index in [2.05, 4.69) is 0 Å². The minimum atomic E-state index is -5.52. The third-order valence-corrected chi connectivity index (χ3v) is 3.83. The van der Waals surface area contributed by atoms with E-state index in [1.54, 1.807) is 0 Å². The summed E-state index contributed by atoms with van der Waals surface area (Å²) in [4.78, 5) is 11.9. The lowest BCUT2D eigenvalue weighted by Gasteiger charge is -2.19. The van der Waals surface area contributed by atoms with E-state index in [4.69, 9.17) is 23.2 Å². The van der Waals surface area contributed by atoms with Crippen LogP contribution in [0.15, 0.2) is 29.2 Å². The van der Waals surface area contributed by atoms with Gasteiger partial charge in [0.2, 0.25) is 0 Å². The van der Waals surface area contributed by atoms with Gasteiger partial charge in [0.25, 0.3) is 5.56 Å². The van der Waals surface area contributed by atoms with E-state index in [0.717, 1.165) is 0 Å². The molecule has 0 N–H and O–H groups in total. The average Bonchev–Trinajstić information content (AvgIpc) is 2.44. The second-order valence-electron chi connectivity index (χ2n) is 5.09. The van der Waals surface area contributed by atoms with Crippen LogP contribution in [0.25, 0.3) is 5.69 Å². The smallest absolute Gasteiger partial charge is 0.281 e. The molecule has 13 heteroatoms. The van der Waals surface area contributed by atoms with Gasteiger partial charge in [-0.15, -0.1) is 0 Å². The molecule has 0 saturated heterocycles. The number of hydrogen-bond acceptors (Lipinski definition) is 1. The molecule has 0 atom stereocenters. The van der Waals surface area contributed by atoms with Crippen LogP contribution in [0.4, 0.5) is 39.5 Å². The van der Waals surface area contributed by atoms with Crippen molar-refractivity contribution < 1.29 is 39.5 Å². The molecule has 27 heavy (non-hydrogen) atoms. The monoisotopic (exact) mass is 443 g/mol. The van der Waals surface area contributed by atoms with Crippen LogP contribution in [0.2, 0.25) is 10.0 Å². The summed E-state index contributed by atoms with van der Waals surface area (Å²) in [5.41, 5.74) is -8.30. The number of alkyl halides is 9. The molecule has 0 radical (unpaired) electrons. The first kappa shape index (κ1) is 21.4. The summed E-state index contributed by atoms with van der Waals surface area (Å²) in [5, 5.41) is -1.77. The minimum absolute atomic E-state index is 0.00286. The van der Waals surface area contributed by atoms with Crippen LogP contribution in [0.5, 0.6) is 0 Å². The Hall–Kier alpha value is -1.88. The second-order valence-corrected chi connectivity index (χ2v) is 5.91. The first-order valence-electron chi connectivity index (χ1n) is 6.51. The van der Waals surface area contributed by atoms with Crippen LogP contribution in [-0.2, 0) is 18.5 Å². The molecule has 0 aliphatic rings. The van der Waals surface area contributed by atoms with Gasteiger partial charge in [-0.25, -0.2) is 0 Å². The van der Waals surface area contributed by atoms with E-state index in [-0.39, 0.29) is 29.0 Å². The van der Waals surface area contributed by atoms with E-state index < -0.39 is 56.5 Å². The van der Waals surface area contributed by atoms with Gasteiger partial charge in [-0.05, 0) is 12.1 Å². The van der Waals surface area contributed by atoms with Gasteiger partial charge in [-0.2, -0.15) is 39.5 Å². The first-order chi connectivity index (χ1) is 12.0. The quantitative estimate of drug-likeness (QED) is 0.481. The number of benzene rings is 1. The van der Waals surface area contributed by atoms with Crippen LogP contribution in [0.1, 0.15) is 16.7 Å². The van der Waals surface area contributed by atoms with E-state index >= 15 is 0 Å². The SMILES string of the molecule is O=c1cc(C(F)(F)F)c(C(F)(F)F)cn1-c1c(Cl)cc(C(F)(F)F)cc1Cl. The Labute approximate surface area is 153 Å². The zero-order chi connectivity index (χ0) is 20.9. The lowest BCUT2D eigenvalue weighted by atomic mass is 10.1. The average molecular weight is 444 g/mol. The van der Waals surface area contributed by atoms with Crippen LogP contribution >= 0.6 is 23.2 Å². The summed E-state index contributed by atoms with van der Waals surface area (Å²) in [6.45, 7) is 0. The molecular formula is C14H4Cl2F9NO. The highest BCUT2D eigenvalue weighted by Gasteiger charge is 2.44. The van der Waals surface area contributed by atoms with Gasteiger partial charge in [0.05, 0.1) is 32.4 Å². The number of pyridine rings is 1. The Bertz CT molecular complexity index is 919. The summed E-state index contributed by atoms with van der Waals surface area (Å²) >= 11 is 11.2. The number of halogens is 11. The molecule has 0 amide bonds. The van der Waals surface area contributed by atoms with E-state index in [1.807, 2.05) is 0 Å². The number of nitrogens with zero attached hydrogens (tertiary/aromatic N) is 1. The third-order valence-electron chi connectivity index (χ3n) is 3.25. The maximum Gasteiger partial charge on any atom is 0.418 e. The molecule has 0 aliphatic carbocycles. The highest BCUT2D eigenvalue weighted by atomic mass is 35.5. The molecule has 2 rings (SSSR count).